The summed E-state index contributed by atoms with van der Waals surface area (Å²) in [6.07, 6.45) is 3.02. The van der Waals surface area contributed by atoms with Crippen molar-refractivity contribution in [3.63, 3.8) is 0 Å². The third-order valence-corrected chi connectivity index (χ3v) is 4.77. The second-order valence-electron chi connectivity index (χ2n) is 4.86. The van der Waals surface area contributed by atoms with Crippen LogP contribution in [0, 0.1) is 0 Å². The van der Waals surface area contributed by atoms with Gasteiger partial charge in [-0.05, 0) is 25.0 Å². The van der Waals surface area contributed by atoms with Gasteiger partial charge in [0.2, 0.25) is 5.91 Å². The number of halogens is 2. The Balaban J connectivity index is 1.74. The van der Waals surface area contributed by atoms with Crippen molar-refractivity contribution in [1.82, 2.24) is 0 Å². The van der Waals surface area contributed by atoms with E-state index < -0.39 is 0 Å². The number of carbonyl (C=O) groups is 1. The van der Waals surface area contributed by atoms with E-state index in [4.69, 9.17) is 33.7 Å². The van der Waals surface area contributed by atoms with Crippen LogP contribution in [0.4, 0.5) is 11.4 Å². The van der Waals surface area contributed by atoms with Crippen LogP contribution >= 0.6 is 35.0 Å². The van der Waals surface area contributed by atoms with Gasteiger partial charge in [0.25, 0.3) is 0 Å². The zero-order valence-electron chi connectivity index (χ0n) is 11.5. The van der Waals surface area contributed by atoms with Gasteiger partial charge in [0.1, 0.15) is 0 Å². The molecule has 1 atom stereocenters. The predicted molar refractivity (Wildman–Crippen MR) is 90.4 cm³/mol. The molecule has 1 amide bonds. The van der Waals surface area contributed by atoms with E-state index in [0.717, 1.165) is 31.0 Å². The molecule has 0 bridgehead atoms. The van der Waals surface area contributed by atoms with E-state index in [1.165, 1.54) is 0 Å². The van der Waals surface area contributed by atoms with Crippen LogP contribution in [0.3, 0.4) is 0 Å². The molecule has 3 N–H and O–H groups in total. The fourth-order valence-corrected chi connectivity index (χ4v) is 3.66. The van der Waals surface area contributed by atoms with Gasteiger partial charge in [-0.15, -0.1) is 0 Å². The average Bonchev–Trinajstić information content (AvgIpc) is 2.92. The standard InChI is InChI=1S/C14H18Cl2N2O2S/c15-9-6-11(16)14(12(17)7-9)18-13(19)3-5-21-8-10-2-1-4-20-10/h6-7,10H,1-5,8,17H2,(H,18,19). The van der Waals surface area contributed by atoms with Gasteiger partial charge in [-0.2, -0.15) is 11.8 Å². The van der Waals surface area contributed by atoms with Crippen LogP contribution in [-0.2, 0) is 9.53 Å². The number of amides is 1. The molecule has 7 heteroatoms. The molecule has 1 unspecified atom stereocenters. The van der Waals surface area contributed by atoms with Crippen molar-refractivity contribution in [3.8, 4) is 0 Å². The van der Waals surface area contributed by atoms with Crippen LogP contribution in [0.2, 0.25) is 10.0 Å². The first-order valence-electron chi connectivity index (χ1n) is 6.80. The Kier molecular flexibility index (Phi) is 6.48. The molecule has 0 aliphatic carbocycles. The molecule has 1 aromatic carbocycles. The zero-order valence-corrected chi connectivity index (χ0v) is 13.9. The fourth-order valence-electron chi connectivity index (χ4n) is 2.08. The predicted octanol–water partition coefficient (Wildman–Crippen LogP) is 3.82. The minimum absolute atomic E-state index is 0.106. The highest BCUT2D eigenvalue weighted by atomic mass is 35.5. The summed E-state index contributed by atoms with van der Waals surface area (Å²) in [5.41, 5.74) is 6.60. The van der Waals surface area contributed by atoms with Crippen molar-refractivity contribution in [1.29, 1.82) is 0 Å². The Hall–Kier alpha value is -0.620. The van der Waals surface area contributed by atoms with Crippen LogP contribution in [0.1, 0.15) is 19.3 Å². The number of hydrogen-bond acceptors (Lipinski definition) is 4. The van der Waals surface area contributed by atoms with Gasteiger partial charge in [0.05, 0.1) is 22.5 Å². The maximum atomic E-state index is 11.9. The molecule has 0 saturated carbocycles. The lowest BCUT2D eigenvalue weighted by Crippen LogP contribution is -2.15. The van der Waals surface area contributed by atoms with Crippen LogP contribution in [-0.4, -0.2) is 30.1 Å². The van der Waals surface area contributed by atoms with Gasteiger partial charge in [0, 0.05) is 29.6 Å². The quantitative estimate of drug-likeness (QED) is 0.605. The second kappa shape index (κ2) is 8.13. The Morgan fingerprint density at radius 1 is 1.48 bits per heavy atom. The number of benzene rings is 1. The highest BCUT2D eigenvalue weighted by Crippen LogP contribution is 2.32. The number of rotatable bonds is 6. The molecule has 1 aliphatic heterocycles. The van der Waals surface area contributed by atoms with Gasteiger partial charge >= 0.3 is 0 Å². The van der Waals surface area contributed by atoms with Gasteiger partial charge < -0.3 is 15.8 Å². The van der Waals surface area contributed by atoms with Gasteiger partial charge in [0.15, 0.2) is 0 Å². The molecule has 0 radical (unpaired) electrons. The summed E-state index contributed by atoms with van der Waals surface area (Å²) < 4.78 is 5.53. The third-order valence-electron chi connectivity index (χ3n) is 3.15. The van der Waals surface area contributed by atoms with E-state index in [9.17, 15) is 4.79 Å². The van der Waals surface area contributed by atoms with E-state index in [-0.39, 0.29) is 5.91 Å². The largest absolute Gasteiger partial charge is 0.397 e. The Morgan fingerprint density at radius 3 is 2.95 bits per heavy atom. The molecule has 1 heterocycles. The van der Waals surface area contributed by atoms with Crippen LogP contribution in [0.15, 0.2) is 12.1 Å². The topological polar surface area (TPSA) is 64.3 Å². The average molecular weight is 349 g/mol. The number of nitrogen functional groups attached to an aromatic ring is 1. The van der Waals surface area contributed by atoms with Crippen molar-refractivity contribution in [2.24, 2.45) is 0 Å². The van der Waals surface area contributed by atoms with E-state index in [2.05, 4.69) is 5.32 Å². The Bertz CT molecular complexity index is 485. The smallest absolute Gasteiger partial charge is 0.225 e. The van der Waals surface area contributed by atoms with Gasteiger partial charge in [-0.25, -0.2) is 0 Å². The first kappa shape index (κ1) is 16.7. The molecule has 1 aliphatic rings. The number of hydrogen-bond donors (Lipinski definition) is 2. The lowest BCUT2D eigenvalue weighted by atomic mass is 10.2. The summed E-state index contributed by atoms with van der Waals surface area (Å²) >= 11 is 13.6. The van der Waals surface area contributed by atoms with E-state index >= 15 is 0 Å². The fraction of sp³-hybridized carbons (Fsp3) is 0.500. The Labute approximate surface area is 138 Å². The SMILES string of the molecule is Nc1cc(Cl)cc(Cl)c1NC(=O)CCSCC1CCCO1. The molecule has 2 rings (SSSR count). The molecule has 21 heavy (non-hydrogen) atoms. The zero-order chi connectivity index (χ0) is 15.2. The molecule has 1 fully saturated rings. The molecule has 0 spiro atoms. The number of thioether (sulfide) groups is 1. The summed E-state index contributed by atoms with van der Waals surface area (Å²) in [6.45, 7) is 0.861. The normalized spacial score (nSPS) is 17.9. The summed E-state index contributed by atoms with van der Waals surface area (Å²) in [4.78, 5) is 11.9. The number of nitrogens with two attached hydrogens (primary N) is 1. The molecule has 1 saturated heterocycles. The third kappa shape index (κ3) is 5.25. The van der Waals surface area contributed by atoms with Crippen molar-refractivity contribution in [3.05, 3.63) is 22.2 Å². The molecule has 116 valence electrons. The first-order chi connectivity index (χ1) is 10.1. The maximum Gasteiger partial charge on any atom is 0.225 e. The van der Waals surface area contributed by atoms with Crippen LogP contribution < -0.4 is 11.1 Å². The Morgan fingerprint density at radius 2 is 2.29 bits per heavy atom. The highest BCUT2D eigenvalue weighted by molar-refractivity contribution is 7.99. The summed E-state index contributed by atoms with van der Waals surface area (Å²) in [5, 5.41) is 3.53. The van der Waals surface area contributed by atoms with E-state index in [1.54, 1.807) is 23.9 Å². The molecule has 4 nitrogen and oxygen atoms in total. The molecular weight excluding hydrogens is 331 g/mol. The summed E-state index contributed by atoms with van der Waals surface area (Å²) in [6, 6.07) is 3.12. The number of ether oxygens (including phenoxy) is 1. The number of anilines is 2. The van der Waals surface area contributed by atoms with E-state index in [0.29, 0.717) is 33.9 Å². The minimum Gasteiger partial charge on any atom is -0.397 e. The lowest BCUT2D eigenvalue weighted by molar-refractivity contribution is -0.115. The molecular formula is C14H18Cl2N2O2S. The van der Waals surface area contributed by atoms with Crippen LogP contribution in [0.5, 0.6) is 0 Å². The monoisotopic (exact) mass is 348 g/mol. The van der Waals surface area contributed by atoms with Gasteiger partial charge in [-0.3, -0.25) is 4.79 Å². The van der Waals surface area contributed by atoms with Crippen LogP contribution in [0.25, 0.3) is 0 Å². The first-order valence-corrected chi connectivity index (χ1v) is 8.71. The number of nitrogens with one attached hydrogen (secondary N) is 1. The van der Waals surface area contributed by atoms with Gasteiger partial charge in [-0.1, -0.05) is 23.2 Å². The van der Waals surface area contributed by atoms with E-state index in [1.807, 2.05) is 0 Å². The second-order valence-corrected chi connectivity index (χ2v) is 6.85. The molecule has 1 aromatic rings. The van der Waals surface area contributed by atoms with Crippen molar-refractivity contribution < 1.29 is 9.53 Å². The lowest BCUT2D eigenvalue weighted by Gasteiger charge is -2.11. The maximum absolute atomic E-state index is 11.9. The minimum atomic E-state index is -0.106. The van der Waals surface area contributed by atoms with Crippen molar-refractivity contribution in [2.75, 3.05) is 29.2 Å². The van der Waals surface area contributed by atoms with Crippen molar-refractivity contribution >= 4 is 52.2 Å². The van der Waals surface area contributed by atoms with Crippen molar-refractivity contribution in [2.45, 2.75) is 25.4 Å². The number of carbonyl (C=O) groups excluding carboxylic acids is 1. The molecule has 0 aromatic heterocycles. The summed E-state index contributed by atoms with van der Waals surface area (Å²) in [7, 11) is 0. The summed E-state index contributed by atoms with van der Waals surface area (Å²) in [5.74, 6) is 1.58. The highest BCUT2D eigenvalue weighted by Gasteiger charge is 2.15.